The number of rotatable bonds is 7. The molecule has 5 nitrogen and oxygen atoms in total. The molecule has 1 fully saturated rings. The van der Waals surface area contributed by atoms with E-state index in [1.165, 1.54) is 6.07 Å². The summed E-state index contributed by atoms with van der Waals surface area (Å²) in [6, 6.07) is 4.68. The first-order valence-electron chi connectivity index (χ1n) is 7.70. The molecule has 138 valence electrons. The van der Waals surface area contributed by atoms with E-state index in [4.69, 9.17) is 4.74 Å². The summed E-state index contributed by atoms with van der Waals surface area (Å²) in [7, 11) is 1.79. The molecule has 1 aliphatic rings. The molecule has 1 aromatic rings. The SMILES string of the molecule is CNCC(C)C(=O)Nc1ccc(NCC2CCCO2)c(F)c1.Cl.Cl. The normalized spacial score (nSPS) is 17.4. The highest BCUT2D eigenvalue weighted by Crippen LogP contribution is 2.20. The molecular weight excluding hydrogens is 356 g/mol. The molecule has 0 saturated carbocycles. The predicted molar refractivity (Wildman–Crippen MR) is 100 cm³/mol. The lowest BCUT2D eigenvalue weighted by atomic mass is 10.1. The Bertz CT molecular complexity index is 514. The summed E-state index contributed by atoms with van der Waals surface area (Å²) in [6.45, 7) is 3.78. The molecular formula is C16H26Cl2FN3O2. The van der Waals surface area contributed by atoms with Gasteiger partial charge in [0.25, 0.3) is 0 Å². The van der Waals surface area contributed by atoms with Gasteiger partial charge in [0.15, 0.2) is 0 Å². The van der Waals surface area contributed by atoms with Crippen LogP contribution in [0.1, 0.15) is 19.8 Å². The zero-order chi connectivity index (χ0) is 15.9. The Balaban J connectivity index is 0.00000264. The summed E-state index contributed by atoms with van der Waals surface area (Å²) in [4.78, 5) is 11.9. The van der Waals surface area contributed by atoms with E-state index in [0.717, 1.165) is 19.4 Å². The molecule has 8 heteroatoms. The lowest BCUT2D eigenvalue weighted by Crippen LogP contribution is -2.28. The van der Waals surface area contributed by atoms with Crippen molar-refractivity contribution in [1.29, 1.82) is 0 Å². The number of amides is 1. The van der Waals surface area contributed by atoms with Gasteiger partial charge in [-0.3, -0.25) is 4.79 Å². The number of hydrogen-bond donors (Lipinski definition) is 3. The summed E-state index contributed by atoms with van der Waals surface area (Å²) in [6.07, 6.45) is 2.22. The maximum absolute atomic E-state index is 14.1. The van der Waals surface area contributed by atoms with Gasteiger partial charge in [0, 0.05) is 31.3 Å². The van der Waals surface area contributed by atoms with Gasteiger partial charge in [-0.25, -0.2) is 4.39 Å². The van der Waals surface area contributed by atoms with Crippen LogP contribution in [0.25, 0.3) is 0 Å². The van der Waals surface area contributed by atoms with Gasteiger partial charge in [0.1, 0.15) is 5.82 Å². The third-order valence-electron chi connectivity index (χ3n) is 3.74. The molecule has 1 saturated heterocycles. The van der Waals surface area contributed by atoms with E-state index in [1.807, 2.05) is 6.92 Å². The standard InChI is InChI=1S/C16H24FN3O2.2ClH/c1-11(9-18-2)16(21)20-12-5-6-15(14(17)8-12)19-10-13-4-3-7-22-13;;/h5-6,8,11,13,18-19H,3-4,7,9-10H2,1-2H3,(H,20,21);2*1H. The van der Waals surface area contributed by atoms with Crippen LogP contribution in [-0.2, 0) is 9.53 Å². The minimum atomic E-state index is -0.378. The second-order valence-electron chi connectivity index (χ2n) is 5.66. The second-order valence-corrected chi connectivity index (χ2v) is 5.66. The molecule has 1 aromatic carbocycles. The van der Waals surface area contributed by atoms with Gasteiger partial charge in [-0.05, 0) is 38.1 Å². The maximum atomic E-state index is 14.1. The Kier molecular flexibility index (Phi) is 11.0. The van der Waals surface area contributed by atoms with Gasteiger partial charge in [-0.2, -0.15) is 0 Å². The summed E-state index contributed by atoms with van der Waals surface area (Å²) in [5, 5.41) is 8.72. The van der Waals surface area contributed by atoms with Crippen LogP contribution < -0.4 is 16.0 Å². The maximum Gasteiger partial charge on any atom is 0.228 e. The Morgan fingerprint density at radius 2 is 2.17 bits per heavy atom. The average Bonchev–Trinajstić information content (AvgIpc) is 3.00. The zero-order valence-corrected chi connectivity index (χ0v) is 15.6. The molecule has 0 bridgehead atoms. The molecule has 0 spiro atoms. The second kappa shape index (κ2) is 11.5. The molecule has 2 rings (SSSR count). The first-order chi connectivity index (χ1) is 10.6. The van der Waals surface area contributed by atoms with Gasteiger partial charge in [0.2, 0.25) is 5.91 Å². The molecule has 0 radical (unpaired) electrons. The molecule has 0 aliphatic carbocycles. The molecule has 2 atom stereocenters. The van der Waals surface area contributed by atoms with Crippen LogP contribution in [0.2, 0.25) is 0 Å². The van der Waals surface area contributed by atoms with E-state index < -0.39 is 0 Å². The number of benzene rings is 1. The minimum absolute atomic E-state index is 0. The van der Waals surface area contributed by atoms with Crippen molar-refractivity contribution in [1.82, 2.24) is 5.32 Å². The Labute approximate surface area is 154 Å². The van der Waals surface area contributed by atoms with Gasteiger partial charge < -0.3 is 20.7 Å². The number of halogens is 3. The van der Waals surface area contributed by atoms with Crippen LogP contribution in [0.3, 0.4) is 0 Å². The molecule has 2 unspecified atom stereocenters. The average molecular weight is 382 g/mol. The first-order valence-corrected chi connectivity index (χ1v) is 7.70. The van der Waals surface area contributed by atoms with Crippen molar-refractivity contribution in [3.63, 3.8) is 0 Å². The van der Waals surface area contributed by atoms with Crippen LogP contribution in [0.4, 0.5) is 15.8 Å². The van der Waals surface area contributed by atoms with Crippen LogP contribution in [0.15, 0.2) is 18.2 Å². The van der Waals surface area contributed by atoms with Crippen LogP contribution in [-0.4, -0.2) is 38.8 Å². The van der Waals surface area contributed by atoms with Gasteiger partial charge in [-0.15, -0.1) is 24.8 Å². The highest BCUT2D eigenvalue weighted by Gasteiger charge is 2.16. The van der Waals surface area contributed by atoms with E-state index in [-0.39, 0.29) is 48.6 Å². The van der Waals surface area contributed by atoms with E-state index in [0.29, 0.717) is 24.5 Å². The topological polar surface area (TPSA) is 62.4 Å². The predicted octanol–water partition coefficient (Wildman–Crippen LogP) is 3.05. The molecule has 0 aromatic heterocycles. The van der Waals surface area contributed by atoms with Crippen molar-refractivity contribution in [2.24, 2.45) is 5.92 Å². The number of carbonyl (C=O) groups is 1. The van der Waals surface area contributed by atoms with Crippen molar-refractivity contribution in [3.05, 3.63) is 24.0 Å². The molecule has 24 heavy (non-hydrogen) atoms. The highest BCUT2D eigenvalue weighted by atomic mass is 35.5. The van der Waals surface area contributed by atoms with Gasteiger partial charge >= 0.3 is 0 Å². The Morgan fingerprint density at radius 3 is 2.75 bits per heavy atom. The fourth-order valence-electron chi connectivity index (χ4n) is 2.43. The minimum Gasteiger partial charge on any atom is -0.380 e. The zero-order valence-electron chi connectivity index (χ0n) is 13.9. The summed E-state index contributed by atoms with van der Waals surface area (Å²) >= 11 is 0. The number of carbonyl (C=O) groups excluding carboxylic acids is 1. The fourth-order valence-corrected chi connectivity index (χ4v) is 2.43. The fraction of sp³-hybridized carbons (Fsp3) is 0.562. The highest BCUT2D eigenvalue weighted by molar-refractivity contribution is 5.92. The van der Waals surface area contributed by atoms with E-state index in [1.54, 1.807) is 19.2 Å². The summed E-state index contributed by atoms with van der Waals surface area (Å²) in [5.74, 6) is -0.684. The lowest BCUT2D eigenvalue weighted by Gasteiger charge is -2.14. The quantitative estimate of drug-likeness (QED) is 0.679. The monoisotopic (exact) mass is 381 g/mol. The Hall–Kier alpha value is -1.08. The molecule has 3 N–H and O–H groups in total. The first kappa shape index (κ1) is 22.9. The number of ether oxygens (including phenoxy) is 1. The summed E-state index contributed by atoms with van der Waals surface area (Å²) in [5.41, 5.74) is 0.893. The van der Waals surface area contributed by atoms with E-state index in [9.17, 15) is 9.18 Å². The number of nitrogens with one attached hydrogen (secondary N) is 3. The largest absolute Gasteiger partial charge is 0.380 e. The van der Waals surface area contributed by atoms with Crippen LogP contribution in [0, 0.1) is 11.7 Å². The molecule has 1 heterocycles. The van der Waals surface area contributed by atoms with Crippen molar-refractivity contribution in [3.8, 4) is 0 Å². The van der Waals surface area contributed by atoms with Crippen molar-refractivity contribution >= 4 is 42.1 Å². The van der Waals surface area contributed by atoms with E-state index in [2.05, 4.69) is 16.0 Å². The van der Waals surface area contributed by atoms with Gasteiger partial charge in [0.05, 0.1) is 11.8 Å². The smallest absolute Gasteiger partial charge is 0.228 e. The van der Waals surface area contributed by atoms with Crippen molar-refractivity contribution < 1.29 is 13.9 Å². The van der Waals surface area contributed by atoms with Crippen LogP contribution >= 0.6 is 24.8 Å². The Morgan fingerprint density at radius 1 is 1.42 bits per heavy atom. The summed E-state index contributed by atoms with van der Waals surface area (Å²) < 4.78 is 19.5. The van der Waals surface area contributed by atoms with E-state index >= 15 is 0 Å². The third-order valence-corrected chi connectivity index (χ3v) is 3.74. The van der Waals surface area contributed by atoms with Crippen molar-refractivity contribution in [2.45, 2.75) is 25.9 Å². The molecule has 1 amide bonds. The number of hydrogen-bond acceptors (Lipinski definition) is 4. The van der Waals surface area contributed by atoms with Crippen LogP contribution in [0.5, 0.6) is 0 Å². The van der Waals surface area contributed by atoms with Gasteiger partial charge in [-0.1, -0.05) is 6.92 Å². The molecule has 1 aliphatic heterocycles. The van der Waals surface area contributed by atoms with Crippen molar-refractivity contribution in [2.75, 3.05) is 37.4 Å². The lowest BCUT2D eigenvalue weighted by molar-refractivity contribution is -0.119. The third kappa shape index (κ3) is 6.81. The number of anilines is 2.